The van der Waals surface area contributed by atoms with Crippen LogP contribution in [-0.4, -0.2) is 69.3 Å². The van der Waals surface area contributed by atoms with Crippen LogP contribution in [0.4, 0.5) is 5.82 Å². The topological polar surface area (TPSA) is 84.9 Å². The first-order valence-electron chi connectivity index (χ1n) is 9.50. The summed E-state index contributed by atoms with van der Waals surface area (Å²) >= 11 is 0. The molecule has 2 aromatic rings. The van der Waals surface area contributed by atoms with Crippen LogP contribution in [0.1, 0.15) is 22.6 Å². The van der Waals surface area contributed by atoms with Crippen molar-refractivity contribution in [2.24, 2.45) is 0 Å². The van der Waals surface area contributed by atoms with Crippen LogP contribution in [0.25, 0.3) is 0 Å². The zero-order valence-electron chi connectivity index (χ0n) is 17.4. The van der Waals surface area contributed by atoms with Gasteiger partial charge in [0.15, 0.2) is 0 Å². The van der Waals surface area contributed by atoms with E-state index >= 15 is 0 Å². The van der Waals surface area contributed by atoms with Crippen LogP contribution in [0.3, 0.4) is 0 Å². The second-order valence-electron chi connectivity index (χ2n) is 7.13. The Labute approximate surface area is 172 Å². The van der Waals surface area contributed by atoms with Crippen molar-refractivity contribution in [3.05, 3.63) is 46.9 Å². The quantitative estimate of drug-likeness (QED) is 0.673. The molecule has 3 rings (SSSR count). The van der Waals surface area contributed by atoms with E-state index in [1.807, 2.05) is 31.2 Å². The molecule has 0 unspecified atom stereocenters. The lowest BCUT2D eigenvalue weighted by atomic mass is 10.0. The number of piperazine rings is 1. The molecule has 1 aromatic heterocycles. The largest absolute Gasteiger partial charge is 0.497 e. The minimum absolute atomic E-state index is 0.388. The van der Waals surface area contributed by atoms with Crippen LogP contribution in [0, 0.1) is 6.92 Å². The molecule has 0 spiro atoms. The number of rotatable bonds is 7. The van der Waals surface area contributed by atoms with Gasteiger partial charge in [-0.05, 0) is 24.6 Å². The molecule has 2 heterocycles. The molecule has 0 aliphatic carbocycles. The highest BCUT2D eigenvalue weighted by Crippen LogP contribution is 2.27. The van der Waals surface area contributed by atoms with Crippen LogP contribution in [0.2, 0.25) is 0 Å². The number of sulfonamides is 1. The van der Waals surface area contributed by atoms with E-state index in [0.717, 1.165) is 28.4 Å². The molecule has 8 nitrogen and oxygen atoms in total. The predicted octanol–water partition coefficient (Wildman–Crippen LogP) is 1.61. The molecule has 1 aliphatic heterocycles. The zero-order chi connectivity index (χ0) is 21.0. The first kappa shape index (κ1) is 21.5. The number of hydrogen-bond donors (Lipinski definition) is 0. The summed E-state index contributed by atoms with van der Waals surface area (Å²) < 4.78 is 35.9. The highest BCUT2D eigenvalue weighted by Gasteiger charge is 2.27. The lowest BCUT2D eigenvalue weighted by Crippen LogP contribution is -2.49. The highest BCUT2D eigenvalue weighted by atomic mass is 32.2. The van der Waals surface area contributed by atoms with Crippen LogP contribution in [0.5, 0.6) is 5.75 Å². The van der Waals surface area contributed by atoms with Gasteiger partial charge in [0.25, 0.3) is 0 Å². The molecule has 0 bridgehead atoms. The average Bonchev–Trinajstić information content (AvgIpc) is 2.69. The number of anilines is 1. The minimum atomic E-state index is -3.18. The van der Waals surface area contributed by atoms with E-state index in [0.29, 0.717) is 45.0 Å². The van der Waals surface area contributed by atoms with Crippen LogP contribution < -0.4 is 9.64 Å². The van der Waals surface area contributed by atoms with E-state index in [-0.39, 0.29) is 0 Å². The summed E-state index contributed by atoms with van der Waals surface area (Å²) in [5.74, 6) is 2.32. The van der Waals surface area contributed by atoms with E-state index in [9.17, 15) is 8.42 Å². The van der Waals surface area contributed by atoms with Crippen molar-refractivity contribution in [3.63, 3.8) is 0 Å². The summed E-state index contributed by atoms with van der Waals surface area (Å²) in [5.41, 5.74) is 2.94. The predicted molar refractivity (Wildman–Crippen MR) is 112 cm³/mol. The molecule has 1 aromatic carbocycles. The van der Waals surface area contributed by atoms with Crippen molar-refractivity contribution in [1.82, 2.24) is 14.3 Å². The first-order chi connectivity index (χ1) is 13.8. The highest BCUT2D eigenvalue weighted by molar-refractivity contribution is 7.88. The third-order valence-corrected chi connectivity index (χ3v) is 6.29. The van der Waals surface area contributed by atoms with E-state index in [1.54, 1.807) is 14.2 Å². The fourth-order valence-electron chi connectivity index (χ4n) is 3.55. The average molecular weight is 421 g/mol. The Hall–Kier alpha value is -2.23. The third kappa shape index (κ3) is 5.23. The second kappa shape index (κ2) is 9.06. The van der Waals surface area contributed by atoms with Crippen molar-refractivity contribution >= 4 is 15.8 Å². The number of hydrogen-bond acceptors (Lipinski definition) is 7. The second-order valence-corrected chi connectivity index (χ2v) is 9.11. The molecular weight excluding hydrogens is 392 g/mol. The molecule has 0 saturated carbocycles. The van der Waals surface area contributed by atoms with Crippen molar-refractivity contribution in [2.45, 2.75) is 20.0 Å². The summed E-state index contributed by atoms with van der Waals surface area (Å²) in [4.78, 5) is 11.5. The molecule has 158 valence electrons. The van der Waals surface area contributed by atoms with Crippen molar-refractivity contribution < 1.29 is 17.9 Å². The summed E-state index contributed by atoms with van der Waals surface area (Å²) in [7, 11) is 0.117. The molecule has 0 N–H and O–H groups in total. The van der Waals surface area contributed by atoms with Gasteiger partial charge in [0.1, 0.15) is 17.4 Å². The maximum atomic E-state index is 11.8. The Kier molecular flexibility index (Phi) is 6.71. The Bertz CT molecular complexity index is 957. The van der Waals surface area contributed by atoms with Gasteiger partial charge in [0, 0.05) is 45.3 Å². The molecule has 1 saturated heterocycles. The van der Waals surface area contributed by atoms with Crippen LogP contribution in [-0.2, 0) is 27.8 Å². The Morgan fingerprint density at radius 3 is 2.45 bits per heavy atom. The molecular formula is C20H28N4O4S. The van der Waals surface area contributed by atoms with E-state index in [4.69, 9.17) is 14.5 Å². The molecule has 0 amide bonds. The summed E-state index contributed by atoms with van der Waals surface area (Å²) in [6.07, 6.45) is 1.89. The first-order valence-corrected chi connectivity index (χ1v) is 11.3. The maximum Gasteiger partial charge on any atom is 0.211 e. The number of aryl methyl sites for hydroxylation is 1. The van der Waals surface area contributed by atoms with Crippen molar-refractivity contribution in [2.75, 3.05) is 51.6 Å². The van der Waals surface area contributed by atoms with Gasteiger partial charge in [-0.15, -0.1) is 0 Å². The number of nitrogens with zero attached hydrogens (tertiary/aromatic N) is 4. The van der Waals surface area contributed by atoms with Gasteiger partial charge in [0.2, 0.25) is 10.0 Å². The van der Waals surface area contributed by atoms with E-state index < -0.39 is 10.0 Å². The smallest absolute Gasteiger partial charge is 0.211 e. The van der Waals surface area contributed by atoms with Crippen molar-refractivity contribution in [1.29, 1.82) is 0 Å². The molecule has 29 heavy (non-hydrogen) atoms. The van der Waals surface area contributed by atoms with Gasteiger partial charge >= 0.3 is 0 Å². The molecule has 1 fully saturated rings. The SMILES string of the molecule is COCc1nc(C)nc(N2CCN(S(C)(=O)=O)CC2)c1Cc1cccc(OC)c1. The third-order valence-electron chi connectivity index (χ3n) is 4.99. The van der Waals surface area contributed by atoms with Gasteiger partial charge in [-0.25, -0.2) is 18.4 Å². The van der Waals surface area contributed by atoms with Crippen LogP contribution >= 0.6 is 0 Å². The molecule has 0 radical (unpaired) electrons. The lowest BCUT2D eigenvalue weighted by Gasteiger charge is -2.35. The van der Waals surface area contributed by atoms with E-state index in [2.05, 4.69) is 9.88 Å². The summed E-state index contributed by atoms with van der Waals surface area (Å²) in [6.45, 7) is 4.31. The van der Waals surface area contributed by atoms with E-state index in [1.165, 1.54) is 10.6 Å². The monoisotopic (exact) mass is 420 g/mol. The number of aromatic nitrogens is 2. The normalized spacial score (nSPS) is 15.5. The van der Waals surface area contributed by atoms with Gasteiger partial charge in [0.05, 0.1) is 25.7 Å². The molecule has 0 atom stereocenters. The number of ether oxygens (including phenoxy) is 2. The molecule has 1 aliphatic rings. The fourth-order valence-corrected chi connectivity index (χ4v) is 4.38. The molecule has 9 heteroatoms. The number of benzene rings is 1. The van der Waals surface area contributed by atoms with Gasteiger partial charge in [-0.1, -0.05) is 12.1 Å². The number of methoxy groups -OCH3 is 2. The summed E-state index contributed by atoms with van der Waals surface area (Å²) in [6, 6.07) is 7.92. The lowest BCUT2D eigenvalue weighted by molar-refractivity contribution is 0.180. The van der Waals surface area contributed by atoms with Gasteiger partial charge in [-0.2, -0.15) is 4.31 Å². The minimum Gasteiger partial charge on any atom is -0.497 e. The summed E-state index contributed by atoms with van der Waals surface area (Å²) in [5, 5.41) is 0. The Morgan fingerprint density at radius 1 is 1.10 bits per heavy atom. The van der Waals surface area contributed by atoms with Gasteiger partial charge in [-0.3, -0.25) is 0 Å². The fraction of sp³-hybridized carbons (Fsp3) is 0.500. The maximum absolute atomic E-state index is 11.8. The van der Waals surface area contributed by atoms with Gasteiger partial charge < -0.3 is 14.4 Å². The Morgan fingerprint density at radius 2 is 1.83 bits per heavy atom. The zero-order valence-corrected chi connectivity index (χ0v) is 18.2. The Balaban J connectivity index is 1.95. The van der Waals surface area contributed by atoms with Crippen molar-refractivity contribution in [3.8, 4) is 5.75 Å². The van der Waals surface area contributed by atoms with Crippen LogP contribution in [0.15, 0.2) is 24.3 Å². The standard InChI is InChI=1S/C20H28N4O4S/c1-15-21-19(14-27-2)18(13-16-6-5-7-17(12-16)28-3)20(22-15)23-8-10-24(11-9-23)29(4,25)26/h5-7,12H,8-11,13-14H2,1-4H3.